The molecule has 19 heavy (non-hydrogen) atoms. The van der Waals surface area contributed by atoms with E-state index >= 15 is 0 Å². The normalized spacial score (nSPS) is 14.2. The summed E-state index contributed by atoms with van der Waals surface area (Å²) < 4.78 is 0. The first-order valence-electron chi connectivity index (χ1n) is 6.99. The molecule has 0 aliphatic carbocycles. The molecule has 0 radical (unpaired) electrons. The number of benzene rings is 1. The van der Waals surface area contributed by atoms with Gasteiger partial charge >= 0.3 is 0 Å². The zero-order valence-electron chi connectivity index (χ0n) is 12.2. The van der Waals surface area contributed by atoms with Gasteiger partial charge in [-0.1, -0.05) is 69.8 Å². The fourth-order valence-electron chi connectivity index (χ4n) is 1.98. The Morgan fingerprint density at radius 3 is 2.47 bits per heavy atom. The molecular weight excluding hydrogens is 230 g/mol. The van der Waals surface area contributed by atoms with Gasteiger partial charge in [0, 0.05) is 5.57 Å². The molecule has 2 rings (SSSR count). The summed E-state index contributed by atoms with van der Waals surface area (Å²) in [5.74, 6) is 0. The number of nitrogens with zero attached hydrogens (tertiary/aromatic N) is 1. The van der Waals surface area contributed by atoms with Gasteiger partial charge in [0.2, 0.25) is 0 Å². The summed E-state index contributed by atoms with van der Waals surface area (Å²) in [6.45, 7) is 10.8. The van der Waals surface area contributed by atoms with Gasteiger partial charge in [0.05, 0.1) is 12.3 Å². The Kier molecular flexibility index (Phi) is 6.59. The second kappa shape index (κ2) is 8.25. The minimum Gasteiger partial charge on any atom is -0.280 e. The van der Waals surface area contributed by atoms with Crippen LogP contribution in [0.2, 0.25) is 0 Å². The minimum atomic E-state index is 0.759. The third kappa shape index (κ3) is 3.78. The number of rotatable bonds is 4. The van der Waals surface area contributed by atoms with Crippen LogP contribution in [0.25, 0.3) is 5.57 Å². The molecule has 0 N–H and O–H groups in total. The van der Waals surface area contributed by atoms with Gasteiger partial charge in [0.1, 0.15) is 0 Å². The van der Waals surface area contributed by atoms with Gasteiger partial charge in [0.25, 0.3) is 0 Å². The SMILES string of the molecule is C=CC1=C(c2ccccc2)CN=C1/C=C\CC.CC. The Balaban J connectivity index is 0.000000861. The van der Waals surface area contributed by atoms with Gasteiger partial charge in [-0.3, -0.25) is 4.99 Å². The zero-order chi connectivity index (χ0) is 14.1. The smallest absolute Gasteiger partial charge is 0.0659 e. The molecule has 0 saturated heterocycles. The molecular formula is C18H23N. The van der Waals surface area contributed by atoms with Crippen molar-refractivity contribution in [2.45, 2.75) is 27.2 Å². The van der Waals surface area contributed by atoms with Gasteiger partial charge < -0.3 is 0 Å². The van der Waals surface area contributed by atoms with E-state index in [2.05, 4.69) is 54.9 Å². The van der Waals surface area contributed by atoms with E-state index in [1.807, 2.05) is 26.0 Å². The Labute approximate surface area is 117 Å². The van der Waals surface area contributed by atoms with Crippen molar-refractivity contribution >= 4 is 11.3 Å². The minimum absolute atomic E-state index is 0.759. The predicted octanol–water partition coefficient (Wildman–Crippen LogP) is 5.07. The van der Waals surface area contributed by atoms with Crippen LogP contribution in [0.1, 0.15) is 32.8 Å². The van der Waals surface area contributed by atoms with Crippen molar-refractivity contribution in [3.8, 4) is 0 Å². The van der Waals surface area contributed by atoms with E-state index in [1.54, 1.807) is 0 Å². The maximum Gasteiger partial charge on any atom is 0.0659 e. The van der Waals surface area contributed by atoms with Crippen molar-refractivity contribution in [3.63, 3.8) is 0 Å². The summed E-state index contributed by atoms with van der Waals surface area (Å²) in [6, 6.07) is 10.4. The maximum absolute atomic E-state index is 4.57. The number of allylic oxidation sites excluding steroid dienone is 4. The van der Waals surface area contributed by atoms with E-state index in [1.165, 1.54) is 16.7 Å². The van der Waals surface area contributed by atoms with Crippen molar-refractivity contribution in [1.82, 2.24) is 0 Å². The highest BCUT2D eigenvalue weighted by atomic mass is 14.8. The second-order valence-corrected chi connectivity index (χ2v) is 3.97. The van der Waals surface area contributed by atoms with Crippen LogP contribution >= 0.6 is 0 Å². The highest BCUT2D eigenvalue weighted by Gasteiger charge is 2.15. The molecule has 1 nitrogen and oxygen atoms in total. The summed E-state index contributed by atoms with van der Waals surface area (Å²) in [5, 5.41) is 0. The molecule has 0 unspecified atom stereocenters. The Morgan fingerprint density at radius 2 is 1.89 bits per heavy atom. The van der Waals surface area contributed by atoms with E-state index in [9.17, 15) is 0 Å². The van der Waals surface area contributed by atoms with Gasteiger partial charge in [-0.05, 0) is 23.6 Å². The summed E-state index contributed by atoms with van der Waals surface area (Å²) in [6.07, 6.45) is 7.17. The van der Waals surface area contributed by atoms with Crippen LogP contribution in [-0.4, -0.2) is 12.3 Å². The topological polar surface area (TPSA) is 12.4 Å². The predicted molar refractivity (Wildman–Crippen MR) is 86.6 cm³/mol. The maximum atomic E-state index is 4.57. The van der Waals surface area contributed by atoms with Crippen molar-refractivity contribution in [1.29, 1.82) is 0 Å². The summed E-state index contributed by atoms with van der Waals surface area (Å²) in [5.41, 5.74) is 4.74. The Hall–Kier alpha value is -1.89. The van der Waals surface area contributed by atoms with E-state index in [-0.39, 0.29) is 0 Å². The average molecular weight is 253 g/mol. The van der Waals surface area contributed by atoms with Crippen LogP contribution in [0, 0.1) is 0 Å². The first-order valence-corrected chi connectivity index (χ1v) is 6.99. The zero-order valence-corrected chi connectivity index (χ0v) is 12.2. The van der Waals surface area contributed by atoms with Gasteiger partial charge in [-0.25, -0.2) is 0 Å². The second-order valence-electron chi connectivity index (χ2n) is 3.97. The van der Waals surface area contributed by atoms with Crippen LogP contribution in [0.5, 0.6) is 0 Å². The van der Waals surface area contributed by atoms with Crippen molar-refractivity contribution < 1.29 is 0 Å². The van der Waals surface area contributed by atoms with Crippen molar-refractivity contribution in [3.05, 3.63) is 66.3 Å². The average Bonchev–Trinajstić information content (AvgIpc) is 2.91. The van der Waals surface area contributed by atoms with Gasteiger partial charge in [-0.15, -0.1) is 0 Å². The molecule has 1 aromatic carbocycles. The Bertz CT molecular complexity index is 490. The van der Waals surface area contributed by atoms with Gasteiger partial charge in [-0.2, -0.15) is 0 Å². The summed E-state index contributed by atoms with van der Waals surface area (Å²) in [4.78, 5) is 4.57. The standard InChI is InChI=1S/C16H17N.C2H6/c1-3-5-11-16-14(4-2)15(12-17-16)13-9-7-6-8-10-13;1-2/h4-11H,2-3,12H2,1H3;1-2H3/b11-5-;. The molecule has 1 aliphatic heterocycles. The largest absolute Gasteiger partial charge is 0.280 e. The molecule has 0 aromatic heterocycles. The fourth-order valence-corrected chi connectivity index (χ4v) is 1.98. The molecule has 0 bridgehead atoms. The molecule has 0 amide bonds. The highest BCUT2D eigenvalue weighted by Crippen LogP contribution is 2.26. The lowest BCUT2D eigenvalue weighted by atomic mass is 9.99. The number of aliphatic imine (C=N–C) groups is 1. The Morgan fingerprint density at radius 1 is 1.21 bits per heavy atom. The van der Waals surface area contributed by atoms with E-state index in [0.29, 0.717) is 0 Å². The monoisotopic (exact) mass is 253 g/mol. The lowest BCUT2D eigenvalue weighted by Crippen LogP contribution is -1.94. The highest BCUT2D eigenvalue weighted by molar-refractivity contribution is 6.17. The fraction of sp³-hybridized carbons (Fsp3) is 0.278. The molecule has 0 atom stereocenters. The number of hydrogen-bond acceptors (Lipinski definition) is 1. The summed E-state index contributed by atoms with van der Waals surface area (Å²) in [7, 11) is 0. The molecule has 0 fully saturated rings. The van der Waals surface area contributed by atoms with E-state index in [0.717, 1.165) is 18.7 Å². The molecule has 1 heteroatoms. The van der Waals surface area contributed by atoms with Crippen LogP contribution in [0.3, 0.4) is 0 Å². The molecule has 0 spiro atoms. The lowest BCUT2D eigenvalue weighted by Gasteiger charge is -2.03. The van der Waals surface area contributed by atoms with Crippen LogP contribution in [-0.2, 0) is 0 Å². The van der Waals surface area contributed by atoms with Gasteiger partial charge in [0.15, 0.2) is 0 Å². The van der Waals surface area contributed by atoms with Crippen molar-refractivity contribution in [2.75, 3.05) is 6.54 Å². The first-order chi connectivity index (χ1) is 9.36. The van der Waals surface area contributed by atoms with E-state index in [4.69, 9.17) is 0 Å². The summed E-state index contributed by atoms with van der Waals surface area (Å²) >= 11 is 0. The van der Waals surface area contributed by atoms with Crippen LogP contribution in [0.4, 0.5) is 0 Å². The molecule has 1 aromatic rings. The number of hydrogen-bond donors (Lipinski definition) is 0. The molecule has 1 heterocycles. The third-order valence-electron chi connectivity index (χ3n) is 2.85. The molecule has 1 aliphatic rings. The molecule has 0 saturated carbocycles. The third-order valence-corrected chi connectivity index (χ3v) is 2.85. The molecule has 100 valence electrons. The first kappa shape index (κ1) is 15.2. The lowest BCUT2D eigenvalue weighted by molar-refractivity contribution is 1.22. The van der Waals surface area contributed by atoms with Crippen LogP contribution < -0.4 is 0 Å². The van der Waals surface area contributed by atoms with Crippen molar-refractivity contribution in [2.24, 2.45) is 4.99 Å². The van der Waals surface area contributed by atoms with E-state index < -0.39 is 0 Å². The van der Waals surface area contributed by atoms with Crippen LogP contribution in [0.15, 0.2) is 65.7 Å². The quantitative estimate of drug-likeness (QED) is 0.710.